The number of anilines is 1. The Hall–Kier alpha value is -1.48. The Morgan fingerprint density at radius 2 is 2.06 bits per heavy atom. The van der Waals surface area contributed by atoms with Crippen LogP contribution in [-0.4, -0.2) is 5.75 Å². The summed E-state index contributed by atoms with van der Waals surface area (Å²) in [7, 11) is 0. The maximum absolute atomic E-state index is 13.2. The minimum Gasteiger partial charge on any atom is -0.399 e. The number of fused-ring (bicyclic) bond motifs is 1. The maximum atomic E-state index is 13.2. The molecule has 1 aliphatic rings. The van der Waals surface area contributed by atoms with E-state index in [2.05, 4.69) is 24.3 Å². The van der Waals surface area contributed by atoms with Gasteiger partial charge in [-0.2, -0.15) is 0 Å². The van der Waals surface area contributed by atoms with Crippen LogP contribution in [0.3, 0.4) is 0 Å². The van der Waals surface area contributed by atoms with E-state index in [0.717, 1.165) is 17.1 Å². The minimum atomic E-state index is -0.258. The van der Waals surface area contributed by atoms with Gasteiger partial charge < -0.3 is 5.73 Å². The third-order valence-electron chi connectivity index (χ3n) is 3.31. The Bertz CT molecular complexity index is 562. The van der Waals surface area contributed by atoms with Crippen molar-refractivity contribution in [3.8, 4) is 0 Å². The number of thioether (sulfide) groups is 1. The van der Waals surface area contributed by atoms with Crippen LogP contribution >= 0.6 is 11.8 Å². The van der Waals surface area contributed by atoms with Crippen LogP contribution in [0.5, 0.6) is 0 Å². The second-order valence-corrected chi connectivity index (χ2v) is 5.72. The van der Waals surface area contributed by atoms with Crippen LogP contribution in [0.2, 0.25) is 0 Å². The fraction of sp³-hybridized carbons (Fsp3) is 0.200. The largest absolute Gasteiger partial charge is 0.399 e. The van der Waals surface area contributed by atoms with Gasteiger partial charge in [-0.3, -0.25) is 0 Å². The quantitative estimate of drug-likeness (QED) is 0.669. The van der Waals surface area contributed by atoms with Gasteiger partial charge in [-0.1, -0.05) is 24.3 Å². The van der Waals surface area contributed by atoms with Gasteiger partial charge in [0.1, 0.15) is 5.82 Å². The molecule has 2 N–H and O–H groups in total. The summed E-state index contributed by atoms with van der Waals surface area (Å²) in [5.74, 6) is 1.32. The zero-order valence-corrected chi connectivity index (χ0v) is 10.7. The van der Waals surface area contributed by atoms with E-state index in [4.69, 9.17) is 5.73 Å². The summed E-state index contributed by atoms with van der Waals surface area (Å²) in [6.07, 6.45) is 1.13. The highest BCUT2D eigenvalue weighted by atomic mass is 32.2. The van der Waals surface area contributed by atoms with Gasteiger partial charge in [-0.15, -0.1) is 11.8 Å². The van der Waals surface area contributed by atoms with Gasteiger partial charge in [-0.25, -0.2) is 4.39 Å². The van der Waals surface area contributed by atoms with Crippen LogP contribution in [0.4, 0.5) is 10.1 Å². The molecule has 0 radical (unpaired) electrons. The van der Waals surface area contributed by atoms with Gasteiger partial charge in [0.2, 0.25) is 0 Å². The molecule has 0 fully saturated rings. The molecule has 1 unspecified atom stereocenters. The molecular formula is C15H14FNS. The van der Waals surface area contributed by atoms with Gasteiger partial charge in [-0.05, 0) is 41.7 Å². The average Bonchev–Trinajstić information content (AvgIpc) is 2.29. The van der Waals surface area contributed by atoms with Crippen molar-refractivity contribution in [3.63, 3.8) is 0 Å². The first-order valence-corrected chi connectivity index (χ1v) is 6.97. The molecule has 3 heteroatoms. The molecule has 3 rings (SSSR count). The Labute approximate surface area is 110 Å². The molecule has 1 aliphatic carbocycles. The Kier molecular flexibility index (Phi) is 3.00. The number of hydrogen-bond donors (Lipinski definition) is 1. The maximum Gasteiger partial charge on any atom is 0.126 e. The van der Waals surface area contributed by atoms with Gasteiger partial charge >= 0.3 is 0 Å². The molecule has 2 aromatic carbocycles. The second-order valence-electron chi connectivity index (χ2n) is 4.63. The molecule has 1 nitrogen and oxygen atoms in total. The lowest BCUT2D eigenvalue weighted by molar-refractivity contribution is 0.625. The zero-order chi connectivity index (χ0) is 12.5. The third-order valence-corrected chi connectivity index (χ3v) is 4.44. The molecular weight excluding hydrogens is 245 g/mol. The smallest absolute Gasteiger partial charge is 0.126 e. The number of benzene rings is 2. The highest BCUT2D eigenvalue weighted by Gasteiger charge is 2.25. The van der Waals surface area contributed by atoms with Crippen molar-refractivity contribution in [2.24, 2.45) is 0 Å². The first kappa shape index (κ1) is 11.6. The van der Waals surface area contributed by atoms with Crippen LogP contribution in [0.15, 0.2) is 47.4 Å². The summed E-state index contributed by atoms with van der Waals surface area (Å²) in [6.45, 7) is 0. The van der Waals surface area contributed by atoms with E-state index in [9.17, 15) is 4.39 Å². The molecule has 0 spiro atoms. The van der Waals surface area contributed by atoms with Gasteiger partial charge in [0.05, 0.1) is 0 Å². The van der Waals surface area contributed by atoms with E-state index in [0.29, 0.717) is 11.6 Å². The van der Waals surface area contributed by atoms with E-state index in [-0.39, 0.29) is 5.82 Å². The zero-order valence-electron chi connectivity index (χ0n) is 9.90. The summed E-state index contributed by atoms with van der Waals surface area (Å²) < 4.78 is 13.2. The fourth-order valence-electron chi connectivity index (χ4n) is 2.38. The van der Waals surface area contributed by atoms with E-state index in [1.807, 2.05) is 6.07 Å². The van der Waals surface area contributed by atoms with Crippen LogP contribution in [0.25, 0.3) is 0 Å². The van der Waals surface area contributed by atoms with Gasteiger partial charge in [0.25, 0.3) is 0 Å². The highest BCUT2D eigenvalue weighted by molar-refractivity contribution is 7.99. The van der Waals surface area contributed by atoms with E-state index < -0.39 is 0 Å². The molecule has 0 saturated heterocycles. The third kappa shape index (κ3) is 2.23. The van der Waals surface area contributed by atoms with E-state index >= 15 is 0 Å². The predicted molar refractivity (Wildman–Crippen MR) is 74.4 cm³/mol. The van der Waals surface area contributed by atoms with Crippen molar-refractivity contribution in [1.82, 2.24) is 0 Å². The average molecular weight is 259 g/mol. The molecule has 1 atom stereocenters. The van der Waals surface area contributed by atoms with Crippen molar-refractivity contribution >= 4 is 17.4 Å². The summed E-state index contributed by atoms with van der Waals surface area (Å²) in [5.41, 5.74) is 9.01. The van der Waals surface area contributed by atoms with Crippen molar-refractivity contribution in [2.75, 3.05) is 11.5 Å². The molecule has 0 saturated carbocycles. The first-order chi connectivity index (χ1) is 8.72. The molecule has 0 amide bonds. The van der Waals surface area contributed by atoms with Crippen LogP contribution < -0.4 is 5.73 Å². The van der Waals surface area contributed by atoms with Gasteiger partial charge in [0, 0.05) is 16.3 Å². The normalized spacial score (nSPS) is 17.1. The number of nitrogen functional groups attached to an aromatic ring is 1. The van der Waals surface area contributed by atoms with Crippen LogP contribution in [0.1, 0.15) is 17.0 Å². The SMILES string of the molecule is Nc1cc(F)cc(SCC2Cc3ccccc32)c1. The van der Waals surface area contributed by atoms with E-state index in [1.165, 1.54) is 17.2 Å². The van der Waals surface area contributed by atoms with Crippen molar-refractivity contribution in [2.45, 2.75) is 17.2 Å². The molecule has 18 heavy (non-hydrogen) atoms. The van der Waals surface area contributed by atoms with Crippen molar-refractivity contribution in [3.05, 3.63) is 59.4 Å². The van der Waals surface area contributed by atoms with Crippen molar-refractivity contribution in [1.29, 1.82) is 0 Å². The fourth-order valence-corrected chi connectivity index (χ4v) is 3.48. The molecule has 92 valence electrons. The molecule has 0 aliphatic heterocycles. The summed E-state index contributed by atoms with van der Waals surface area (Å²) in [5, 5.41) is 0. The summed E-state index contributed by atoms with van der Waals surface area (Å²) in [4.78, 5) is 0.914. The minimum absolute atomic E-state index is 0.258. The number of halogens is 1. The Balaban J connectivity index is 1.66. The number of rotatable bonds is 3. The number of hydrogen-bond acceptors (Lipinski definition) is 2. The van der Waals surface area contributed by atoms with E-state index in [1.54, 1.807) is 17.8 Å². The summed E-state index contributed by atoms with van der Waals surface area (Å²) >= 11 is 1.68. The predicted octanol–water partition coefficient (Wildman–Crippen LogP) is 3.84. The van der Waals surface area contributed by atoms with Crippen LogP contribution in [0, 0.1) is 5.82 Å². The molecule has 2 aromatic rings. The Morgan fingerprint density at radius 3 is 2.83 bits per heavy atom. The summed E-state index contributed by atoms with van der Waals surface area (Å²) in [6, 6.07) is 13.2. The standard InChI is InChI=1S/C15H14FNS/c16-12-6-13(17)8-14(7-12)18-9-11-5-10-3-1-2-4-15(10)11/h1-4,6-8,11H,5,9,17H2. The number of nitrogens with two attached hydrogens (primary N) is 1. The highest BCUT2D eigenvalue weighted by Crippen LogP contribution is 2.38. The first-order valence-electron chi connectivity index (χ1n) is 5.99. The lowest BCUT2D eigenvalue weighted by Crippen LogP contribution is -2.18. The topological polar surface area (TPSA) is 26.0 Å². The molecule has 0 heterocycles. The Morgan fingerprint density at radius 1 is 1.22 bits per heavy atom. The second kappa shape index (κ2) is 4.65. The van der Waals surface area contributed by atoms with Crippen molar-refractivity contribution < 1.29 is 4.39 Å². The van der Waals surface area contributed by atoms with Gasteiger partial charge in [0.15, 0.2) is 0 Å². The lowest BCUT2D eigenvalue weighted by Gasteiger charge is -2.29. The monoisotopic (exact) mass is 259 g/mol. The lowest BCUT2D eigenvalue weighted by atomic mass is 9.79. The molecule has 0 aromatic heterocycles. The molecule has 0 bridgehead atoms. The van der Waals surface area contributed by atoms with Crippen LogP contribution in [-0.2, 0) is 6.42 Å².